The van der Waals surface area contributed by atoms with Gasteiger partial charge in [0.25, 0.3) is 0 Å². The summed E-state index contributed by atoms with van der Waals surface area (Å²) < 4.78 is 23.3. The van der Waals surface area contributed by atoms with Gasteiger partial charge < -0.3 is 24.7 Å². The fourth-order valence-corrected chi connectivity index (χ4v) is 2.85. The van der Waals surface area contributed by atoms with Crippen LogP contribution in [0, 0.1) is 0 Å². The number of benzene rings is 1. The summed E-state index contributed by atoms with van der Waals surface area (Å²) >= 11 is 5.06. The zero-order valence-corrected chi connectivity index (χ0v) is 12.8. The Labute approximate surface area is 129 Å². The molecule has 2 aliphatic rings. The Morgan fingerprint density at radius 2 is 2.00 bits per heavy atom. The minimum atomic E-state index is -0.690. The predicted octanol–water partition coefficient (Wildman–Crippen LogP) is 1.73. The van der Waals surface area contributed by atoms with Gasteiger partial charge in [0.2, 0.25) is 0 Å². The van der Waals surface area contributed by atoms with Crippen LogP contribution in [0.5, 0.6) is 0 Å². The molecule has 0 spiro atoms. The first-order valence-corrected chi connectivity index (χ1v) is 7.33. The first kappa shape index (κ1) is 14.9. The molecular weight excluding hydrogens is 290 g/mol. The van der Waals surface area contributed by atoms with Crippen molar-refractivity contribution in [3.63, 3.8) is 0 Å². The van der Waals surface area contributed by atoms with E-state index in [0.717, 1.165) is 5.56 Å². The topological polar surface area (TPSA) is 62.9 Å². The molecule has 0 aromatic heterocycles. The van der Waals surface area contributed by atoms with Crippen LogP contribution >= 0.6 is 12.2 Å². The normalized spacial score (nSPS) is 33.8. The first-order valence-electron chi connectivity index (χ1n) is 6.92. The lowest BCUT2D eigenvalue weighted by atomic mass is 10.1. The van der Waals surface area contributed by atoms with E-state index < -0.39 is 18.2 Å². The summed E-state index contributed by atoms with van der Waals surface area (Å²) in [5.41, 5.74) is 6.81. The van der Waals surface area contributed by atoms with Crippen LogP contribution in [-0.2, 0) is 25.6 Å². The van der Waals surface area contributed by atoms with Gasteiger partial charge in [-0.1, -0.05) is 42.5 Å². The van der Waals surface area contributed by atoms with Gasteiger partial charge >= 0.3 is 0 Å². The Morgan fingerprint density at radius 3 is 2.67 bits per heavy atom. The molecule has 21 heavy (non-hydrogen) atoms. The standard InChI is InChI=1S/C15H19NO4S/c1-15(2)19-12-10(11(13(16)21)18-14(12)20-15)17-8-9-6-4-3-5-7-9/h3-7,10-12,14H,8H2,1-2H3,(H2,16,21)/t10-,11+,12-,14-/m1/s1. The largest absolute Gasteiger partial charge is 0.391 e. The zero-order chi connectivity index (χ0) is 15.0. The van der Waals surface area contributed by atoms with Crippen molar-refractivity contribution in [2.75, 3.05) is 0 Å². The van der Waals surface area contributed by atoms with Gasteiger partial charge in [-0.05, 0) is 19.4 Å². The fourth-order valence-electron chi connectivity index (χ4n) is 2.66. The molecule has 2 fully saturated rings. The fraction of sp³-hybridized carbons (Fsp3) is 0.533. The minimum absolute atomic E-state index is 0.257. The molecule has 1 aromatic rings. The van der Waals surface area contributed by atoms with Crippen LogP contribution < -0.4 is 5.73 Å². The highest BCUT2D eigenvalue weighted by Crippen LogP contribution is 2.39. The Morgan fingerprint density at radius 1 is 1.29 bits per heavy atom. The summed E-state index contributed by atoms with van der Waals surface area (Å²) in [7, 11) is 0. The predicted molar refractivity (Wildman–Crippen MR) is 80.5 cm³/mol. The van der Waals surface area contributed by atoms with Crippen LogP contribution in [-0.4, -0.2) is 35.4 Å². The van der Waals surface area contributed by atoms with Gasteiger partial charge in [-0.2, -0.15) is 0 Å². The molecule has 1 aromatic carbocycles. The van der Waals surface area contributed by atoms with Crippen LogP contribution in [0.15, 0.2) is 30.3 Å². The first-order chi connectivity index (χ1) is 9.96. The number of fused-ring (bicyclic) bond motifs is 1. The van der Waals surface area contributed by atoms with Crippen molar-refractivity contribution in [1.29, 1.82) is 0 Å². The third-order valence-corrected chi connectivity index (χ3v) is 3.79. The van der Waals surface area contributed by atoms with E-state index in [9.17, 15) is 0 Å². The maximum absolute atomic E-state index is 5.97. The molecule has 0 aliphatic carbocycles. The molecule has 2 heterocycles. The summed E-state index contributed by atoms with van der Waals surface area (Å²) in [6.45, 7) is 4.14. The Hall–Kier alpha value is -1.05. The highest BCUT2D eigenvalue weighted by atomic mass is 32.1. The number of thiocarbonyl (C=S) groups is 1. The van der Waals surface area contributed by atoms with E-state index in [1.165, 1.54) is 0 Å². The molecular formula is C15H19NO4S. The van der Waals surface area contributed by atoms with Gasteiger partial charge in [-0.25, -0.2) is 0 Å². The Bertz CT molecular complexity index is 522. The summed E-state index contributed by atoms with van der Waals surface area (Å²) in [5, 5.41) is 0. The summed E-state index contributed by atoms with van der Waals surface area (Å²) in [6.07, 6.45) is -1.67. The number of hydrogen-bond donors (Lipinski definition) is 1. The van der Waals surface area contributed by atoms with Crippen molar-refractivity contribution in [2.24, 2.45) is 5.73 Å². The third kappa shape index (κ3) is 3.09. The van der Waals surface area contributed by atoms with Crippen molar-refractivity contribution < 1.29 is 18.9 Å². The molecule has 5 nitrogen and oxygen atoms in total. The van der Waals surface area contributed by atoms with Crippen molar-refractivity contribution in [3.05, 3.63) is 35.9 Å². The average molecular weight is 309 g/mol. The van der Waals surface area contributed by atoms with E-state index in [1.54, 1.807) is 0 Å². The molecule has 0 amide bonds. The average Bonchev–Trinajstić information content (AvgIpc) is 2.90. The SMILES string of the molecule is CC1(C)O[C@H]2O[C@H](C(N)=S)[C@@H](OCc3ccccc3)[C@H]2O1. The molecule has 114 valence electrons. The molecule has 2 N–H and O–H groups in total. The lowest BCUT2D eigenvalue weighted by molar-refractivity contribution is -0.210. The van der Waals surface area contributed by atoms with Gasteiger partial charge in [-0.3, -0.25) is 0 Å². The van der Waals surface area contributed by atoms with Crippen LogP contribution in [0.25, 0.3) is 0 Å². The monoisotopic (exact) mass is 309 g/mol. The second kappa shape index (κ2) is 5.62. The van der Waals surface area contributed by atoms with Crippen molar-refractivity contribution >= 4 is 17.2 Å². The highest BCUT2D eigenvalue weighted by molar-refractivity contribution is 7.80. The van der Waals surface area contributed by atoms with Crippen molar-refractivity contribution in [3.8, 4) is 0 Å². The summed E-state index contributed by atoms with van der Waals surface area (Å²) in [5.74, 6) is -0.690. The lowest BCUT2D eigenvalue weighted by Gasteiger charge is -2.25. The Kier molecular flexibility index (Phi) is 3.98. The summed E-state index contributed by atoms with van der Waals surface area (Å²) in [4.78, 5) is 0.257. The third-order valence-electron chi connectivity index (χ3n) is 3.56. The molecule has 3 rings (SSSR count). The second-order valence-electron chi connectivity index (χ2n) is 5.69. The molecule has 2 saturated heterocycles. The number of hydrogen-bond acceptors (Lipinski definition) is 5. The van der Waals surface area contributed by atoms with Gasteiger partial charge in [0, 0.05) is 0 Å². The quantitative estimate of drug-likeness (QED) is 0.855. The highest BCUT2D eigenvalue weighted by Gasteiger charge is 2.56. The molecule has 0 bridgehead atoms. The number of rotatable bonds is 4. The van der Waals surface area contributed by atoms with E-state index in [2.05, 4.69) is 0 Å². The maximum Gasteiger partial charge on any atom is 0.190 e. The van der Waals surface area contributed by atoms with Gasteiger partial charge in [0.15, 0.2) is 12.1 Å². The van der Waals surface area contributed by atoms with Crippen molar-refractivity contribution in [1.82, 2.24) is 0 Å². The van der Waals surface area contributed by atoms with E-state index in [1.807, 2.05) is 44.2 Å². The van der Waals surface area contributed by atoms with Gasteiger partial charge in [0.05, 0.1) is 6.61 Å². The molecule has 0 unspecified atom stereocenters. The molecule has 0 radical (unpaired) electrons. The molecule has 0 saturated carbocycles. The van der Waals surface area contributed by atoms with E-state index >= 15 is 0 Å². The molecule has 4 atom stereocenters. The number of nitrogens with two attached hydrogens (primary N) is 1. The second-order valence-corrected chi connectivity index (χ2v) is 6.16. The maximum atomic E-state index is 5.97. The summed E-state index contributed by atoms with van der Waals surface area (Å²) in [6, 6.07) is 9.90. The minimum Gasteiger partial charge on any atom is -0.391 e. The zero-order valence-electron chi connectivity index (χ0n) is 12.0. The number of ether oxygens (including phenoxy) is 4. The van der Waals surface area contributed by atoms with Crippen LogP contribution in [0.2, 0.25) is 0 Å². The van der Waals surface area contributed by atoms with Gasteiger partial charge in [-0.15, -0.1) is 0 Å². The smallest absolute Gasteiger partial charge is 0.190 e. The van der Waals surface area contributed by atoms with Crippen LogP contribution in [0.4, 0.5) is 0 Å². The Balaban J connectivity index is 1.72. The van der Waals surface area contributed by atoms with E-state index in [-0.39, 0.29) is 17.2 Å². The van der Waals surface area contributed by atoms with E-state index in [0.29, 0.717) is 6.61 Å². The molecule has 6 heteroatoms. The van der Waals surface area contributed by atoms with Crippen molar-refractivity contribution in [2.45, 2.75) is 50.8 Å². The molecule has 2 aliphatic heterocycles. The van der Waals surface area contributed by atoms with Gasteiger partial charge in [0.1, 0.15) is 23.3 Å². The van der Waals surface area contributed by atoms with Crippen LogP contribution in [0.1, 0.15) is 19.4 Å². The lowest BCUT2D eigenvalue weighted by Crippen LogP contribution is -2.42. The van der Waals surface area contributed by atoms with Crippen LogP contribution in [0.3, 0.4) is 0 Å². The van der Waals surface area contributed by atoms with E-state index in [4.69, 9.17) is 36.9 Å².